The molecule has 1 aliphatic carbocycles. The van der Waals surface area contributed by atoms with Crippen molar-refractivity contribution in [1.82, 2.24) is 14.8 Å². The Labute approximate surface area is 144 Å². The standard InChI is InChI=1S/C20H27N3O/c1-20(2,3)21-19(24)23(17-11-12-17)15-18-10-7-13-22(18)14-16-8-5-4-6-9-16/h4-10,13,17H,11-12,14-15H2,1-3H3,(H,21,24). The Hall–Kier alpha value is -2.23. The quantitative estimate of drug-likeness (QED) is 0.886. The molecule has 1 aliphatic rings. The number of hydrogen-bond donors (Lipinski definition) is 1. The Morgan fingerprint density at radius 2 is 1.88 bits per heavy atom. The van der Waals surface area contributed by atoms with Crippen molar-refractivity contribution in [2.24, 2.45) is 0 Å². The molecule has 1 aromatic heterocycles. The number of nitrogens with one attached hydrogen (secondary N) is 1. The molecule has 0 bridgehead atoms. The number of urea groups is 1. The lowest BCUT2D eigenvalue weighted by Crippen LogP contribution is -2.49. The summed E-state index contributed by atoms with van der Waals surface area (Å²) in [6, 6.07) is 15.0. The van der Waals surface area contributed by atoms with Gasteiger partial charge in [0.2, 0.25) is 0 Å². The summed E-state index contributed by atoms with van der Waals surface area (Å²) < 4.78 is 2.23. The van der Waals surface area contributed by atoms with Crippen molar-refractivity contribution in [3.05, 3.63) is 59.9 Å². The molecule has 0 saturated heterocycles. The van der Waals surface area contributed by atoms with E-state index in [4.69, 9.17) is 0 Å². The molecule has 1 N–H and O–H groups in total. The zero-order valence-electron chi connectivity index (χ0n) is 14.8. The zero-order valence-corrected chi connectivity index (χ0v) is 14.8. The minimum Gasteiger partial charge on any atom is -0.345 e. The van der Waals surface area contributed by atoms with Crippen molar-refractivity contribution >= 4 is 6.03 Å². The molecule has 2 aromatic rings. The van der Waals surface area contributed by atoms with Crippen LogP contribution in [0.1, 0.15) is 44.9 Å². The smallest absolute Gasteiger partial charge is 0.318 e. The lowest BCUT2D eigenvalue weighted by atomic mass is 10.1. The molecule has 0 spiro atoms. The number of amides is 2. The van der Waals surface area contributed by atoms with E-state index in [1.54, 1.807) is 0 Å². The van der Waals surface area contributed by atoms with Gasteiger partial charge in [-0.15, -0.1) is 0 Å². The van der Waals surface area contributed by atoms with Crippen LogP contribution in [-0.2, 0) is 13.1 Å². The van der Waals surface area contributed by atoms with Crippen LogP contribution >= 0.6 is 0 Å². The molecule has 0 unspecified atom stereocenters. The number of aromatic nitrogens is 1. The first-order valence-corrected chi connectivity index (χ1v) is 8.69. The van der Waals surface area contributed by atoms with Gasteiger partial charge in [0.25, 0.3) is 0 Å². The molecule has 1 fully saturated rings. The van der Waals surface area contributed by atoms with E-state index >= 15 is 0 Å². The second-order valence-electron chi connectivity index (χ2n) is 7.65. The summed E-state index contributed by atoms with van der Waals surface area (Å²) in [5.74, 6) is 0. The Balaban J connectivity index is 1.72. The number of carbonyl (C=O) groups excluding carboxylic acids is 1. The lowest BCUT2D eigenvalue weighted by molar-refractivity contribution is 0.181. The van der Waals surface area contributed by atoms with Crippen molar-refractivity contribution in [3.63, 3.8) is 0 Å². The van der Waals surface area contributed by atoms with Crippen LogP contribution in [0.5, 0.6) is 0 Å². The molecule has 1 heterocycles. The van der Waals surface area contributed by atoms with Gasteiger partial charge in [-0.1, -0.05) is 30.3 Å². The molecule has 1 saturated carbocycles. The first kappa shape index (κ1) is 16.6. The van der Waals surface area contributed by atoms with Crippen molar-refractivity contribution in [2.45, 2.75) is 58.3 Å². The van der Waals surface area contributed by atoms with E-state index in [2.05, 4.69) is 52.5 Å². The maximum absolute atomic E-state index is 12.6. The number of nitrogens with zero attached hydrogens (tertiary/aromatic N) is 2. The number of rotatable bonds is 5. The Kier molecular flexibility index (Phi) is 4.65. The molecular weight excluding hydrogens is 298 g/mol. The molecule has 0 atom stereocenters. The van der Waals surface area contributed by atoms with Crippen LogP contribution in [-0.4, -0.2) is 27.1 Å². The van der Waals surface area contributed by atoms with Crippen molar-refractivity contribution in [1.29, 1.82) is 0 Å². The molecule has 4 heteroatoms. The fourth-order valence-corrected chi connectivity index (χ4v) is 2.85. The third-order valence-corrected chi connectivity index (χ3v) is 4.18. The van der Waals surface area contributed by atoms with Gasteiger partial charge in [0.05, 0.1) is 6.54 Å². The molecule has 24 heavy (non-hydrogen) atoms. The van der Waals surface area contributed by atoms with Gasteiger partial charge in [-0.05, 0) is 51.3 Å². The van der Waals surface area contributed by atoms with Crippen LogP contribution in [0.25, 0.3) is 0 Å². The monoisotopic (exact) mass is 325 g/mol. The highest BCUT2D eigenvalue weighted by atomic mass is 16.2. The van der Waals surface area contributed by atoms with E-state index < -0.39 is 0 Å². The van der Waals surface area contributed by atoms with E-state index in [9.17, 15) is 4.79 Å². The predicted octanol–water partition coefficient (Wildman–Crippen LogP) is 4.01. The number of benzene rings is 1. The zero-order chi connectivity index (χ0) is 17.2. The molecule has 0 radical (unpaired) electrons. The van der Waals surface area contributed by atoms with Gasteiger partial charge >= 0.3 is 6.03 Å². The van der Waals surface area contributed by atoms with E-state index in [0.29, 0.717) is 12.6 Å². The maximum Gasteiger partial charge on any atom is 0.318 e. The maximum atomic E-state index is 12.6. The topological polar surface area (TPSA) is 37.3 Å². The Bertz CT molecular complexity index is 680. The lowest BCUT2D eigenvalue weighted by Gasteiger charge is -2.29. The summed E-state index contributed by atoms with van der Waals surface area (Å²) in [6.07, 6.45) is 4.31. The molecule has 3 rings (SSSR count). The predicted molar refractivity (Wildman–Crippen MR) is 96.8 cm³/mol. The van der Waals surface area contributed by atoms with Crippen LogP contribution in [0.2, 0.25) is 0 Å². The van der Waals surface area contributed by atoms with Crippen LogP contribution in [0.3, 0.4) is 0 Å². The van der Waals surface area contributed by atoms with Gasteiger partial charge in [0.15, 0.2) is 0 Å². The average molecular weight is 325 g/mol. The highest BCUT2D eigenvalue weighted by Gasteiger charge is 2.34. The normalized spacial score (nSPS) is 14.5. The summed E-state index contributed by atoms with van der Waals surface area (Å²) in [5.41, 5.74) is 2.23. The van der Waals surface area contributed by atoms with E-state index in [1.165, 1.54) is 11.3 Å². The average Bonchev–Trinajstić information content (AvgIpc) is 3.26. The summed E-state index contributed by atoms with van der Waals surface area (Å²) in [6.45, 7) is 7.56. The van der Waals surface area contributed by atoms with Crippen molar-refractivity contribution in [2.75, 3.05) is 0 Å². The fraction of sp³-hybridized carbons (Fsp3) is 0.450. The third-order valence-electron chi connectivity index (χ3n) is 4.18. The summed E-state index contributed by atoms with van der Waals surface area (Å²) in [5, 5.41) is 3.10. The molecule has 0 aliphatic heterocycles. The number of hydrogen-bond acceptors (Lipinski definition) is 1. The molecule has 128 valence electrons. The first-order chi connectivity index (χ1) is 11.4. The Morgan fingerprint density at radius 3 is 2.50 bits per heavy atom. The molecular formula is C20H27N3O. The van der Waals surface area contributed by atoms with Gasteiger partial charge < -0.3 is 14.8 Å². The van der Waals surface area contributed by atoms with Crippen molar-refractivity contribution in [3.8, 4) is 0 Å². The summed E-state index contributed by atoms with van der Waals surface area (Å²) in [4.78, 5) is 14.6. The van der Waals surface area contributed by atoms with Crippen LogP contribution in [0.15, 0.2) is 48.7 Å². The van der Waals surface area contributed by atoms with Gasteiger partial charge in [-0.3, -0.25) is 0 Å². The highest BCUT2D eigenvalue weighted by molar-refractivity contribution is 5.75. The van der Waals surface area contributed by atoms with Crippen molar-refractivity contribution < 1.29 is 4.79 Å². The van der Waals surface area contributed by atoms with Gasteiger partial charge in [-0.2, -0.15) is 0 Å². The van der Waals surface area contributed by atoms with Gasteiger partial charge in [0.1, 0.15) is 0 Å². The van der Waals surface area contributed by atoms with E-state index in [1.807, 2.05) is 31.7 Å². The summed E-state index contributed by atoms with van der Waals surface area (Å²) >= 11 is 0. The largest absolute Gasteiger partial charge is 0.345 e. The van der Waals surface area contributed by atoms with Crippen LogP contribution < -0.4 is 5.32 Å². The fourth-order valence-electron chi connectivity index (χ4n) is 2.85. The molecule has 4 nitrogen and oxygen atoms in total. The molecule has 2 amide bonds. The molecule has 1 aromatic carbocycles. The minimum atomic E-state index is -0.212. The van der Waals surface area contributed by atoms with Crippen LogP contribution in [0, 0.1) is 0 Å². The van der Waals surface area contributed by atoms with E-state index in [0.717, 1.165) is 19.4 Å². The minimum absolute atomic E-state index is 0.0393. The second kappa shape index (κ2) is 6.71. The third kappa shape index (κ3) is 4.40. The Morgan fingerprint density at radius 1 is 1.17 bits per heavy atom. The van der Waals surface area contributed by atoms with Gasteiger partial charge in [-0.25, -0.2) is 4.79 Å². The van der Waals surface area contributed by atoms with Crippen LogP contribution in [0.4, 0.5) is 4.79 Å². The second-order valence-corrected chi connectivity index (χ2v) is 7.65. The van der Waals surface area contributed by atoms with E-state index in [-0.39, 0.29) is 11.6 Å². The SMILES string of the molecule is CC(C)(C)NC(=O)N(Cc1cccn1Cc1ccccc1)C1CC1. The summed E-state index contributed by atoms with van der Waals surface area (Å²) in [7, 11) is 0. The first-order valence-electron chi connectivity index (χ1n) is 8.69. The number of carbonyl (C=O) groups is 1. The van der Waals surface area contributed by atoms with Gasteiger partial charge in [0, 0.05) is 30.0 Å². The highest BCUT2D eigenvalue weighted by Crippen LogP contribution is 2.29.